The zero-order valence-corrected chi connectivity index (χ0v) is 12.9. The lowest BCUT2D eigenvalue weighted by molar-refractivity contribution is 0.0601. The van der Waals surface area contributed by atoms with Crippen LogP contribution in [0.2, 0.25) is 0 Å². The zero-order chi connectivity index (χ0) is 14.7. The summed E-state index contributed by atoms with van der Waals surface area (Å²) in [6.07, 6.45) is 3.63. The molecule has 0 spiro atoms. The Morgan fingerprint density at radius 3 is 2.45 bits per heavy atom. The summed E-state index contributed by atoms with van der Waals surface area (Å²) in [6.45, 7) is 6.60. The van der Waals surface area contributed by atoms with Crippen molar-refractivity contribution in [2.24, 2.45) is 11.8 Å². The molecule has 3 heteroatoms. The molecule has 1 saturated carbocycles. The van der Waals surface area contributed by atoms with Crippen LogP contribution in [0.25, 0.3) is 0 Å². The first-order chi connectivity index (χ1) is 9.49. The van der Waals surface area contributed by atoms with Crippen molar-refractivity contribution in [3.05, 3.63) is 29.3 Å². The van der Waals surface area contributed by atoms with Crippen LogP contribution in [0.15, 0.2) is 18.2 Å². The predicted molar refractivity (Wildman–Crippen MR) is 82.1 cm³/mol. The van der Waals surface area contributed by atoms with Crippen LogP contribution in [-0.4, -0.2) is 19.1 Å². The Kier molecular flexibility index (Phi) is 4.69. The zero-order valence-electron chi connectivity index (χ0n) is 12.9. The van der Waals surface area contributed by atoms with Crippen molar-refractivity contribution in [2.45, 2.75) is 46.1 Å². The van der Waals surface area contributed by atoms with E-state index in [1.165, 1.54) is 26.4 Å². The molecule has 1 aliphatic carbocycles. The van der Waals surface area contributed by atoms with E-state index in [4.69, 9.17) is 4.74 Å². The average molecular weight is 275 g/mol. The molecule has 0 aliphatic heterocycles. The molecule has 1 aliphatic rings. The molecule has 1 aromatic rings. The van der Waals surface area contributed by atoms with Crippen LogP contribution in [0.5, 0.6) is 0 Å². The summed E-state index contributed by atoms with van der Waals surface area (Å²) in [4.78, 5) is 11.9. The van der Waals surface area contributed by atoms with Gasteiger partial charge in [0.05, 0.1) is 12.7 Å². The summed E-state index contributed by atoms with van der Waals surface area (Å²) >= 11 is 0. The highest BCUT2D eigenvalue weighted by atomic mass is 16.5. The van der Waals surface area contributed by atoms with Gasteiger partial charge in [-0.15, -0.1) is 0 Å². The third-order valence-corrected chi connectivity index (χ3v) is 4.12. The van der Waals surface area contributed by atoms with E-state index in [0.29, 0.717) is 11.6 Å². The first-order valence-electron chi connectivity index (χ1n) is 7.45. The molecular weight excluding hydrogens is 250 g/mol. The van der Waals surface area contributed by atoms with Crippen molar-refractivity contribution in [3.8, 4) is 0 Å². The molecule has 110 valence electrons. The number of rotatable bonds is 3. The van der Waals surface area contributed by atoms with Gasteiger partial charge in [-0.1, -0.05) is 25.5 Å². The standard InChI is InChI=1S/C17H25NO2/c1-11-5-6-16(15(10-11)17(19)20-4)18-14-8-12(2)7-13(3)9-14/h5-6,10,12-14,18H,7-9H2,1-4H3. The molecule has 1 N–H and O–H groups in total. The molecular formula is C17H25NO2. The number of hydrogen-bond acceptors (Lipinski definition) is 3. The molecule has 2 atom stereocenters. The number of carbonyl (C=O) groups is 1. The Hall–Kier alpha value is -1.51. The molecule has 1 aromatic carbocycles. The van der Waals surface area contributed by atoms with E-state index in [-0.39, 0.29) is 5.97 Å². The van der Waals surface area contributed by atoms with Gasteiger partial charge in [0.1, 0.15) is 0 Å². The highest BCUT2D eigenvalue weighted by Gasteiger charge is 2.25. The number of anilines is 1. The minimum Gasteiger partial charge on any atom is -0.465 e. The number of esters is 1. The van der Waals surface area contributed by atoms with Crippen LogP contribution in [0.3, 0.4) is 0 Å². The fourth-order valence-electron chi connectivity index (χ4n) is 3.35. The number of benzene rings is 1. The number of carbonyl (C=O) groups excluding carboxylic acids is 1. The van der Waals surface area contributed by atoms with Gasteiger partial charge in [0, 0.05) is 11.7 Å². The molecule has 2 unspecified atom stereocenters. The summed E-state index contributed by atoms with van der Waals surface area (Å²) < 4.78 is 4.88. The SMILES string of the molecule is COC(=O)c1cc(C)ccc1NC1CC(C)CC(C)C1. The smallest absolute Gasteiger partial charge is 0.339 e. The van der Waals surface area contributed by atoms with Gasteiger partial charge in [0.15, 0.2) is 0 Å². The number of hydrogen-bond donors (Lipinski definition) is 1. The summed E-state index contributed by atoms with van der Waals surface area (Å²) in [7, 11) is 1.43. The molecule has 3 nitrogen and oxygen atoms in total. The first kappa shape index (κ1) is 14.9. The average Bonchev–Trinajstić information content (AvgIpc) is 2.38. The van der Waals surface area contributed by atoms with E-state index in [1.54, 1.807) is 0 Å². The molecule has 2 rings (SSSR count). The fraction of sp³-hybridized carbons (Fsp3) is 0.588. The molecule has 1 fully saturated rings. The topological polar surface area (TPSA) is 38.3 Å². The van der Waals surface area contributed by atoms with E-state index in [0.717, 1.165) is 23.1 Å². The van der Waals surface area contributed by atoms with Gasteiger partial charge in [-0.05, 0) is 50.2 Å². The van der Waals surface area contributed by atoms with Gasteiger partial charge in [-0.25, -0.2) is 4.79 Å². The van der Waals surface area contributed by atoms with Crippen molar-refractivity contribution >= 4 is 11.7 Å². The van der Waals surface area contributed by atoms with Crippen molar-refractivity contribution in [2.75, 3.05) is 12.4 Å². The van der Waals surface area contributed by atoms with Crippen LogP contribution in [0.1, 0.15) is 49.0 Å². The molecule has 0 bridgehead atoms. The molecule has 0 heterocycles. The van der Waals surface area contributed by atoms with Gasteiger partial charge in [-0.2, -0.15) is 0 Å². The summed E-state index contributed by atoms with van der Waals surface area (Å²) in [6, 6.07) is 6.36. The lowest BCUT2D eigenvalue weighted by Gasteiger charge is -2.33. The third kappa shape index (κ3) is 3.53. The Balaban J connectivity index is 2.18. The van der Waals surface area contributed by atoms with Crippen molar-refractivity contribution < 1.29 is 9.53 Å². The second-order valence-corrected chi connectivity index (χ2v) is 6.30. The lowest BCUT2D eigenvalue weighted by atomic mass is 9.80. The molecule has 0 amide bonds. The quantitative estimate of drug-likeness (QED) is 0.847. The van der Waals surface area contributed by atoms with Crippen LogP contribution in [-0.2, 0) is 4.74 Å². The van der Waals surface area contributed by atoms with Crippen molar-refractivity contribution in [3.63, 3.8) is 0 Å². The maximum Gasteiger partial charge on any atom is 0.339 e. The second-order valence-electron chi connectivity index (χ2n) is 6.30. The Morgan fingerprint density at radius 1 is 1.20 bits per heavy atom. The molecule has 0 saturated heterocycles. The van der Waals surface area contributed by atoms with Crippen molar-refractivity contribution in [1.29, 1.82) is 0 Å². The normalized spacial score (nSPS) is 26.1. The van der Waals surface area contributed by atoms with Gasteiger partial charge < -0.3 is 10.1 Å². The molecule has 0 aromatic heterocycles. The van der Waals surface area contributed by atoms with Crippen LogP contribution < -0.4 is 5.32 Å². The van der Waals surface area contributed by atoms with E-state index in [9.17, 15) is 4.79 Å². The maximum absolute atomic E-state index is 11.9. The van der Waals surface area contributed by atoms with Gasteiger partial charge in [0.25, 0.3) is 0 Å². The van der Waals surface area contributed by atoms with Gasteiger partial charge in [0.2, 0.25) is 0 Å². The van der Waals surface area contributed by atoms with E-state index in [2.05, 4.69) is 19.2 Å². The summed E-state index contributed by atoms with van der Waals surface area (Å²) in [5.41, 5.74) is 2.61. The number of methoxy groups -OCH3 is 1. The van der Waals surface area contributed by atoms with E-state index < -0.39 is 0 Å². The van der Waals surface area contributed by atoms with Gasteiger partial charge in [-0.3, -0.25) is 0 Å². The summed E-state index contributed by atoms with van der Waals surface area (Å²) in [5.74, 6) is 1.21. The monoisotopic (exact) mass is 275 g/mol. The highest BCUT2D eigenvalue weighted by molar-refractivity contribution is 5.95. The van der Waals surface area contributed by atoms with Gasteiger partial charge >= 0.3 is 5.97 Å². The minimum atomic E-state index is -0.270. The van der Waals surface area contributed by atoms with E-state index in [1.807, 2.05) is 25.1 Å². The highest BCUT2D eigenvalue weighted by Crippen LogP contribution is 2.31. The number of nitrogens with one attached hydrogen (secondary N) is 1. The largest absolute Gasteiger partial charge is 0.465 e. The Morgan fingerprint density at radius 2 is 1.85 bits per heavy atom. The Labute approximate surface area is 121 Å². The van der Waals surface area contributed by atoms with Crippen LogP contribution in [0, 0.1) is 18.8 Å². The minimum absolute atomic E-state index is 0.270. The second kappa shape index (κ2) is 6.29. The summed E-state index contributed by atoms with van der Waals surface area (Å²) in [5, 5.41) is 3.55. The number of aryl methyl sites for hydroxylation is 1. The third-order valence-electron chi connectivity index (χ3n) is 4.12. The van der Waals surface area contributed by atoms with Crippen LogP contribution in [0.4, 0.5) is 5.69 Å². The fourth-order valence-corrected chi connectivity index (χ4v) is 3.35. The first-order valence-corrected chi connectivity index (χ1v) is 7.45. The van der Waals surface area contributed by atoms with Crippen molar-refractivity contribution in [1.82, 2.24) is 0 Å². The number of ether oxygens (including phenoxy) is 1. The lowest BCUT2D eigenvalue weighted by Crippen LogP contribution is -2.30. The molecule has 0 radical (unpaired) electrons. The van der Waals surface area contributed by atoms with E-state index >= 15 is 0 Å². The van der Waals surface area contributed by atoms with Crippen LogP contribution >= 0.6 is 0 Å². The predicted octanol–water partition coefficient (Wildman–Crippen LogP) is 4.02. The maximum atomic E-state index is 11.9. The molecule has 20 heavy (non-hydrogen) atoms. The Bertz CT molecular complexity index is 474.